The van der Waals surface area contributed by atoms with Gasteiger partial charge < -0.3 is 5.73 Å². The Morgan fingerprint density at radius 2 is 1.88 bits per heavy atom. The van der Waals surface area contributed by atoms with Gasteiger partial charge in [-0.3, -0.25) is 4.98 Å². The quantitative estimate of drug-likeness (QED) is 0.676. The third kappa shape index (κ3) is 4.02. The van der Waals surface area contributed by atoms with Crippen molar-refractivity contribution in [1.82, 2.24) is 4.98 Å². The van der Waals surface area contributed by atoms with Gasteiger partial charge in [-0.25, -0.2) is 4.39 Å². The van der Waals surface area contributed by atoms with Crippen molar-refractivity contribution in [3.05, 3.63) is 77.9 Å². The SMILES string of the molecule is NCC(CC(=S)Cc1ccc2cnccc2c1)c1ccc(F)cc1. The first-order chi connectivity index (χ1) is 11.7. The van der Waals surface area contributed by atoms with Gasteiger partial charge in [0.15, 0.2) is 0 Å². The van der Waals surface area contributed by atoms with Crippen molar-refractivity contribution in [2.24, 2.45) is 5.73 Å². The molecule has 1 heterocycles. The number of benzene rings is 2. The third-order valence-electron chi connectivity index (χ3n) is 4.21. The standard InChI is InChI=1S/C20H19FN2S/c21-19-5-3-15(4-6-19)18(12-22)11-20(24)10-14-1-2-17-13-23-8-7-16(17)9-14/h1-9,13,18H,10-12,22H2. The van der Waals surface area contributed by atoms with Gasteiger partial charge in [0.25, 0.3) is 0 Å². The molecule has 2 aromatic carbocycles. The largest absolute Gasteiger partial charge is 0.330 e. The van der Waals surface area contributed by atoms with Crippen molar-refractivity contribution in [2.45, 2.75) is 18.8 Å². The highest BCUT2D eigenvalue weighted by atomic mass is 32.1. The fraction of sp³-hybridized carbons (Fsp3) is 0.200. The number of fused-ring (bicyclic) bond motifs is 1. The van der Waals surface area contributed by atoms with Gasteiger partial charge in [0.05, 0.1) is 0 Å². The highest BCUT2D eigenvalue weighted by Crippen LogP contribution is 2.22. The zero-order chi connectivity index (χ0) is 16.9. The van der Waals surface area contributed by atoms with E-state index in [1.54, 1.807) is 18.3 Å². The highest BCUT2D eigenvalue weighted by molar-refractivity contribution is 7.80. The molecule has 0 aliphatic carbocycles. The Hall–Kier alpha value is -2.17. The second kappa shape index (κ2) is 7.60. The molecular weight excluding hydrogens is 319 g/mol. The number of hydrogen-bond donors (Lipinski definition) is 1. The Kier molecular flexibility index (Phi) is 5.28. The molecule has 0 amide bonds. The van der Waals surface area contributed by atoms with E-state index in [1.807, 2.05) is 12.3 Å². The topological polar surface area (TPSA) is 38.9 Å². The molecule has 1 unspecified atom stereocenters. The first kappa shape index (κ1) is 16.7. The van der Waals surface area contributed by atoms with E-state index in [-0.39, 0.29) is 11.7 Å². The lowest BCUT2D eigenvalue weighted by Gasteiger charge is -2.16. The van der Waals surface area contributed by atoms with Crippen molar-refractivity contribution in [1.29, 1.82) is 0 Å². The van der Waals surface area contributed by atoms with Gasteiger partial charge in [-0.05, 0) is 52.5 Å². The fourth-order valence-corrected chi connectivity index (χ4v) is 3.26. The van der Waals surface area contributed by atoms with Gasteiger partial charge in [-0.15, -0.1) is 0 Å². The molecule has 122 valence electrons. The number of rotatable bonds is 6. The van der Waals surface area contributed by atoms with Crippen LogP contribution in [-0.2, 0) is 6.42 Å². The smallest absolute Gasteiger partial charge is 0.123 e. The van der Waals surface area contributed by atoms with Crippen molar-refractivity contribution < 1.29 is 4.39 Å². The molecule has 3 rings (SSSR count). The van der Waals surface area contributed by atoms with Crippen LogP contribution in [0.5, 0.6) is 0 Å². The van der Waals surface area contributed by atoms with E-state index in [1.165, 1.54) is 23.1 Å². The van der Waals surface area contributed by atoms with E-state index in [2.05, 4.69) is 23.2 Å². The molecule has 4 heteroatoms. The molecule has 2 N–H and O–H groups in total. The van der Waals surface area contributed by atoms with E-state index in [9.17, 15) is 4.39 Å². The Labute approximate surface area is 146 Å². The lowest BCUT2D eigenvalue weighted by atomic mass is 9.92. The average Bonchev–Trinajstić information content (AvgIpc) is 2.60. The van der Waals surface area contributed by atoms with Gasteiger partial charge in [-0.2, -0.15) is 0 Å². The van der Waals surface area contributed by atoms with Crippen LogP contribution in [-0.4, -0.2) is 16.4 Å². The monoisotopic (exact) mass is 338 g/mol. The Morgan fingerprint density at radius 1 is 1.08 bits per heavy atom. The highest BCUT2D eigenvalue weighted by Gasteiger charge is 2.13. The maximum Gasteiger partial charge on any atom is 0.123 e. The molecule has 0 fully saturated rings. The van der Waals surface area contributed by atoms with Crippen LogP contribution >= 0.6 is 12.2 Å². The molecule has 0 aliphatic heterocycles. The summed E-state index contributed by atoms with van der Waals surface area (Å²) in [5, 5.41) is 2.29. The predicted molar refractivity (Wildman–Crippen MR) is 101 cm³/mol. The molecule has 24 heavy (non-hydrogen) atoms. The molecule has 1 aromatic heterocycles. The second-order valence-electron chi connectivity index (χ2n) is 5.96. The average molecular weight is 338 g/mol. The van der Waals surface area contributed by atoms with Crippen molar-refractivity contribution >= 4 is 27.9 Å². The Bertz CT molecular complexity index is 846. The summed E-state index contributed by atoms with van der Waals surface area (Å²) in [6.07, 6.45) is 5.12. The van der Waals surface area contributed by atoms with Crippen LogP contribution < -0.4 is 5.73 Å². The van der Waals surface area contributed by atoms with Crippen LogP contribution in [0.4, 0.5) is 4.39 Å². The van der Waals surface area contributed by atoms with E-state index < -0.39 is 0 Å². The first-order valence-corrected chi connectivity index (χ1v) is 8.36. The number of nitrogens with zero attached hydrogens (tertiary/aromatic N) is 1. The lowest BCUT2D eigenvalue weighted by molar-refractivity contribution is 0.624. The van der Waals surface area contributed by atoms with Gasteiger partial charge in [-0.1, -0.05) is 42.5 Å². The molecule has 3 aromatic rings. The Morgan fingerprint density at radius 3 is 2.62 bits per heavy atom. The number of aromatic nitrogens is 1. The van der Waals surface area contributed by atoms with Crippen LogP contribution in [0, 0.1) is 5.82 Å². The van der Waals surface area contributed by atoms with E-state index in [0.717, 1.165) is 28.7 Å². The maximum atomic E-state index is 13.1. The van der Waals surface area contributed by atoms with Gasteiger partial charge in [0.1, 0.15) is 5.82 Å². The summed E-state index contributed by atoms with van der Waals surface area (Å²) in [6, 6.07) is 14.8. The number of thiocarbonyl (C=S) groups is 1. The van der Waals surface area contributed by atoms with Crippen molar-refractivity contribution in [3.63, 3.8) is 0 Å². The minimum atomic E-state index is -0.234. The van der Waals surface area contributed by atoms with E-state index >= 15 is 0 Å². The summed E-state index contributed by atoms with van der Waals surface area (Å²) in [6.45, 7) is 0.495. The third-order valence-corrected chi connectivity index (χ3v) is 4.52. The molecule has 0 aliphatic rings. The fourth-order valence-electron chi connectivity index (χ4n) is 2.89. The summed E-state index contributed by atoms with van der Waals surface area (Å²) in [5.41, 5.74) is 8.12. The number of pyridine rings is 1. The molecule has 0 bridgehead atoms. The van der Waals surface area contributed by atoms with Crippen LogP contribution in [0.3, 0.4) is 0 Å². The summed E-state index contributed by atoms with van der Waals surface area (Å²) in [5.74, 6) is -0.106. The zero-order valence-electron chi connectivity index (χ0n) is 13.3. The summed E-state index contributed by atoms with van der Waals surface area (Å²) >= 11 is 5.59. The molecule has 0 saturated heterocycles. The van der Waals surface area contributed by atoms with Crippen LogP contribution in [0.15, 0.2) is 60.9 Å². The summed E-state index contributed by atoms with van der Waals surface area (Å²) in [4.78, 5) is 5.09. The van der Waals surface area contributed by atoms with Gasteiger partial charge >= 0.3 is 0 Å². The molecule has 1 atom stereocenters. The van der Waals surface area contributed by atoms with Crippen molar-refractivity contribution in [2.75, 3.05) is 6.54 Å². The summed E-state index contributed by atoms with van der Waals surface area (Å²) < 4.78 is 13.1. The van der Waals surface area contributed by atoms with Gasteiger partial charge in [0, 0.05) is 30.1 Å². The normalized spacial score (nSPS) is 12.2. The maximum absolute atomic E-state index is 13.1. The minimum Gasteiger partial charge on any atom is -0.330 e. The molecule has 2 nitrogen and oxygen atoms in total. The zero-order valence-corrected chi connectivity index (χ0v) is 14.1. The number of hydrogen-bond acceptors (Lipinski definition) is 3. The first-order valence-electron chi connectivity index (χ1n) is 7.95. The minimum absolute atomic E-state index is 0.128. The molecule has 0 saturated carbocycles. The van der Waals surface area contributed by atoms with Gasteiger partial charge in [0.2, 0.25) is 0 Å². The van der Waals surface area contributed by atoms with Crippen LogP contribution in [0.2, 0.25) is 0 Å². The van der Waals surface area contributed by atoms with Crippen molar-refractivity contribution in [3.8, 4) is 0 Å². The lowest BCUT2D eigenvalue weighted by Crippen LogP contribution is -2.16. The molecular formula is C20H19FN2S. The second-order valence-corrected chi connectivity index (χ2v) is 6.54. The molecule has 0 radical (unpaired) electrons. The Balaban J connectivity index is 1.69. The summed E-state index contributed by atoms with van der Waals surface area (Å²) in [7, 11) is 0. The number of halogens is 1. The predicted octanol–water partition coefficient (Wildman–Crippen LogP) is 4.42. The number of nitrogens with two attached hydrogens (primary N) is 1. The molecule has 0 spiro atoms. The van der Waals surface area contributed by atoms with Crippen LogP contribution in [0.25, 0.3) is 10.8 Å². The van der Waals surface area contributed by atoms with Crippen LogP contribution in [0.1, 0.15) is 23.5 Å². The van der Waals surface area contributed by atoms with E-state index in [4.69, 9.17) is 18.0 Å². The van der Waals surface area contributed by atoms with E-state index in [0.29, 0.717) is 6.54 Å².